The fourth-order valence-corrected chi connectivity index (χ4v) is 2.62. The van der Waals surface area contributed by atoms with Crippen molar-refractivity contribution in [2.75, 3.05) is 25.0 Å². The van der Waals surface area contributed by atoms with Gasteiger partial charge in [-0.2, -0.15) is 5.10 Å². The molecule has 0 aliphatic carbocycles. The van der Waals surface area contributed by atoms with E-state index in [1.54, 1.807) is 16.9 Å². The summed E-state index contributed by atoms with van der Waals surface area (Å²) in [6.07, 6.45) is 1.73. The number of hydrogen-bond acceptors (Lipinski definition) is 4. The van der Waals surface area contributed by atoms with E-state index < -0.39 is 17.4 Å². The summed E-state index contributed by atoms with van der Waals surface area (Å²) >= 11 is 0. The summed E-state index contributed by atoms with van der Waals surface area (Å²) < 4.78 is 7.19. The molecule has 1 fully saturated rings. The molecule has 0 radical (unpaired) electrons. The van der Waals surface area contributed by atoms with Crippen LogP contribution in [0.5, 0.6) is 0 Å². The molecule has 1 aliphatic heterocycles. The molecule has 1 aromatic carbocycles. The molecule has 3 rings (SSSR count). The lowest BCUT2D eigenvalue weighted by Crippen LogP contribution is -2.53. The summed E-state index contributed by atoms with van der Waals surface area (Å²) in [6.45, 7) is 5.01. The standard InChI is InChI=1S/C17H20N4O3/c1-17(2)12-20(10-11-24-17)16(23)15(22)18-14-8-9-21(19-14)13-6-4-3-5-7-13/h3-9H,10-12H2,1-2H3,(H,18,19,22). The van der Waals surface area contributed by atoms with E-state index in [-0.39, 0.29) is 0 Å². The molecule has 7 heteroatoms. The average Bonchev–Trinajstić information content (AvgIpc) is 3.02. The first-order valence-corrected chi connectivity index (χ1v) is 7.80. The fourth-order valence-electron chi connectivity index (χ4n) is 2.62. The number of benzene rings is 1. The maximum Gasteiger partial charge on any atom is 0.315 e. The Morgan fingerprint density at radius 2 is 1.96 bits per heavy atom. The number of aromatic nitrogens is 2. The van der Waals surface area contributed by atoms with E-state index in [4.69, 9.17) is 4.74 Å². The molecule has 2 amide bonds. The number of nitrogens with zero attached hydrogens (tertiary/aromatic N) is 3. The summed E-state index contributed by atoms with van der Waals surface area (Å²) in [5.41, 5.74) is 0.433. The topological polar surface area (TPSA) is 76.5 Å². The summed E-state index contributed by atoms with van der Waals surface area (Å²) in [5.74, 6) is -0.920. The Morgan fingerprint density at radius 3 is 2.67 bits per heavy atom. The SMILES string of the molecule is CC1(C)CN(C(=O)C(=O)Nc2ccn(-c3ccccc3)n2)CCO1. The molecule has 7 nitrogen and oxygen atoms in total. The highest BCUT2D eigenvalue weighted by Crippen LogP contribution is 2.17. The number of carbonyl (C=O) groups is 2. The second-order valence-corrected chi connectivity index (χ2v) is 6.27. The van der Waals surface area contributed by atoms with Crippen molar-refractivity contribution in [1.82, 2.24) is 14.7 Å². The molecule has 1 saturated heterocycles. The quantitative estimate of drug-likeness (QED) is 0.847. The fraction of sp³-hybridized carbons (Fsp3) is 0.353. The Balaban J connectivity index is 1.65. The molecular formula is C17H20N4O3. The van der Waals surface area contributed by atoms with Crippen LogP contribution in [0, 0.1) is 0 Å². The molecule has 1 aromatic heterocycles. The van der Waals surface area contributed by atoms with Gasteiger partial charge in [0.1, 0.15) is 0 Å². The zero-order chi connectivity index (χ0) is 17.2. The first-order chi connectivity index (χ1) is 11.4. The lowest BCUT2D eigenvalue weighted by atomic mass is 10.1. The van der Waals surface area contributed by atoms with Gasteiger partial charge in [-0.1, -0.05) is 18.2 Å². The Morgan fingerprint density at radius 1 is 1.21 bits per heavy atom. The summed E-state index contributed by atoms with van der Waals surface area (Å²) in [5, 5.41) is 6.82. The number of rotatable bonds is 2. The Labute approximate surface area is 140 Å². The highest BCUT2D eigenvalue weighted by atomic mass is 16.5. The van der Waals surface area contributed by atoms with Crippen LogP contribution < -0.4 is 5.32 Å². The van der Waals surface area contributed by atoms with Gasteiger partial charge in [-0.15, -0.1) is 0 Å². The number of anilines is 1. The van der Waals surface area contributed by atoms with Gasteiger partial charge in [-0.05, 0) is 26.0 Å². The molecule has 0 atom stereocenters. The van der Waals surface area contributed by atoms with Crippen molar-refractivity contribution in [3.8, 4) is 5.69 Å². The van der Waals surface area contributed by atoms with Crippen LogP contribution in [0.1, 0.15) is 13.8 Å². The Bertz CT molecular complexity index is 739. The number of para-hydroxylation sites is 1. The third kappa shape index (κ3) is 3.62. The van der Waals surface area contributed by atoms with Gasteiger partial charge in [0.2, 0.25) is 0 Å². The minimum atomic E-state index is -0.689. The molecule has 2 heterocycles. The largest absolute Gasteiger partial charge is 0.372 e. The van der Waals surface area contributed by atoms with Gasteiger partial charge in [-0.25, -0.2) is 4.68 Å². The molecule has 2 aromatic rings. The van der Waals surface area contributed by atoms with Crippen molar-refractivity contribution in [2.45, 2.75) is 19.4 Å². The van der Waals surface area contributed by atoms with Gasteiger partial charge in [0.15, 0.2) is 5.82 Å². The van der Waals surface area contributed by atoms with Crippen molar-refractivity contribution >= 4 is 17.6 Å². The van der Waals surface area contributed by atoms with Crippen molar-refractivity contribution in [1.29, 1.82) is 0 Å². The van der Waals surface area contributed by atoms with Crippen molar-refractivity contribution in [2.24, 2.45) is 0 Å². The van der Waals surface area contributed by atoms with Crippen LogP contribution in [-0.2, 0) is 14.3 Å². The maximum absolute atomic E-state index is 12.3. The zero-order valence-electron chi connectivity index (χ0n) is 13.7. The smallest absolute Gasteiger partial charge is 0.315 e. The van der Waals surface area contributed by atoms with Crippen LogP contribution in [0.15, 0.2) is 42.6 Å². The molecule has 0 saturated carbocycles. The monoisotopic (exact) mass is 328 g/mol. The second-order valence-electron chi connectivity index (χ2n) is 6.27. The predicted molar refractivity (Wildman–Crippen MR) is 88.8 cm³/mol. The first-order valence-electron chi connectivity index (χ1n) is 7.80. The van der Waals surface area contributed by atoms with Crippen molar-refractivity contribution in [3.05, 3.63) is 42.6 Å². The summed E-state index contributed by atoms with van der Waals surface area (Å²) in [6, 6.07) is 11.2. The number of amides is 2. The molecule has 1 N–H and O–H groups in total. The zero-order valence-corrected chi connectivity index (χ0v) is 13.7. The highest BCUT2D eigenvalue weighted by Gasteiger charge is 2.32. The lowest BCUT2D eigenvalue weighted by Gasteiger charge is -2.37. The number of carbonyl (C=O) groups excluding carboxylic acids is 2. The molecular weight excluding hydrogens is 308 g/mol. The number of ether oxygens (including phenoxy) is 1. The van der Waals surface area contributed by atoms with Crippen molar-refractivity contribution < 1.29 is 14.3 Å². The Hall–Kier alpha value is -2.67. The molecule has 126 valence electrons. The van der Waals surface area contributed by atoms with Crippen LogP contribution >= 0.6 is 0 Å². The number of morpholine rings is 1. The van der Waals surface area contributed by atoms with Crippen LogP contribution in [-0.4, -0.2) is 51.8 Å². The van der Waals surface area contributed by atoms with Crippen LogP contribution in [0.25, 0.3) is 5.69 Å². The molecule has 0 bridgehead atoms. The minimum Gasteiger partial charge on any atom is -0.372 e. The highest BCUT2D eigenvalue weighted by molar-refractivity contribution is 6.39. The van der Waals surface area contributed by atoms with E-state index in [9.17, 15) is 9.59 Å². The van der Waals surface area contributed by atoms with E-state index >= 15 is 0 Å². The van der Waals surface area contributed by atoms with Gasteiger partial charge in [0.05, 0.1) is 17.9 Å². The van der Waals surface area contributed by atoms with E-state index in [1.165, 1.54) is 4.90 Å². The van der Waals surface area contributed by atoms with Crippen molar-refractivity contribution in [3.63, 3.8) is 0 Å². The van der Waals surface area contributed by atoms with E-state index in [0.717, 1.165) is 5.69 Å². The van der Waals surface area contributed by atoms with Gasteiger partial charge in [0.25, 0.3) is 0 Å². The van der Waals surface area contributed by atoms with Gasteiger partial charge in [0, 0.05) is 25.4 Å². The summed E-state index contributed by atoms with van der Waals surface area (Å²) in [7, 11) is 0. The lowest BCUT2D eigenvalue weighted by molar-refractivity contribution is -0.153. The van der Waals surface area contributed by atoms with Gasteiger partial charge in [-0.3, -0.25) is 9.59 Å². The number of nitrogens with one attached hydrogen (secondary N) is 1. The number of hydrogen-bond donors (Lipinski definition) is 1. The van der Waals surface area contributed by atoms with Gasteiger partial charge < -0.3 is 15.0 Å². The van der Waals surface area contributed by atoms with Crippen LogP contribution in [0.3, 0.4) is 0 Å². The normalized spacial score (nSPS) is 16.7. The van der Waals surface area contributed by atoms with E-state index in [0.29, 0.717) is 25.5 Å². The van der Waals surface area contributed by atoms with E-state index in [1.807, 2.05) is 44.2 Å². The third-order valence-corrected chi connectivity index (χ3v) is 3.76. The minimum absolute atomic E-state index is 0.338. The predicted octanol–water partition coefficient (Wildman–Crippen LogP) is 1.45. The maximum atomic E-state index is 12.3. The van der Waals surface area contributed by atoms with Crippen LogP contribution in [0.2, 0.25) is 0 Å². The second kappa shape index (κ2) is 6.45. The third-order valence-electron chi connectivity index (χ3n) is 3.76. The molecule has 0 spiro atoms. The Kier molecular flexibility index (Phi) is 4.35. The average molecular weight is 328 g/mol. The summed E-state index contributed by atoms with van der Waals surface area (Å²) in [4.78, 5) is 26.0. The van der Waals surface area contributed by atoms with Crippen LogP contribution in [0.4, 0.5) is 5.82 Å². The molecule has 24 heavy (non-hydrogen) atoms. The van der Waals surface area contributed by atoms with E-state index in [2.05, 4.69) is 10.4 Å². The molecule has 1 aliphatic rings. The van der Waals surface area contributed by atoms with Gasteiger partial charge >= 0.3 is 11.8 Å². The first kappa shape index (κ1) is 16.2. The molecule has 0 unspecified atom stereocenters.